The zero-order valence-corrected chi connectivity index (χ0v) is 15.1. The number of hydrogen-bond donors (Lipinski definition) is 1. The van der Waals surface area contributed by atoms with Crippen molar-refractivity contribution in [3.8, 4) is 33.2 Å². The molecule has 24 heavy (non-hydrogen) atoms. The summed E-state index contributed by atoms with van der Waals surface area (Å²) in [7, 11) is 3.32. The second-order valence-electron chi connectivity index (χ2n) is 4.95. The Morgan fingerprint density at radius 3 is 1.83 bits per heavy atom. The summed E-state index contributed by atoms with van der Waals surface area (Å²) in [5.74, 6) is 1.66. The van der Waals surface area contributed by atoms with Crippen LogP contribution in [0.2, 0.25) is 0 Å². The maximum atomic E-state index is 5.79. The fraction of sp³-hybridized carbons (Fsp3) is 0.167. The number of thiazole rings is 1. The number of halogens is 1. The lowest BCUT2D eigenvalue weighted by Crippen LogP contribution is -1.94. The number of ether oxygens (including phenoxy) is 2. The summed E-state index contributed by atoms with van der Waals surface area (Å²) >= 11 is 1.62. The first-order chi connectivity index (χ1) is 11.2. The molecule has 6 heteroatoms. The average Bonchev–Trinajstić information content (AvgIpc) is 3.06. The molecule has 0 saturated carbocycles. The van der Waals surface area contributed by atoms with Crippen molar-refractivity contribution in [3.63, 3.8) is 0 Å². The highest BCUT2D eigenvalue weighted by atomic mass is 35.5. The van der Waals surface area contributed by atoms with Crippen LogP contribution in [0.4, 0.5) is 0 Å². The van der Waals surface area contributed by atoms with E-state index < -0.39 is 0 Å². The van der Waals surface area contributed by atoms with Crippen LogP contribution in [-0.4, -0.2) is 19.2 Å². The second kappa shape index (κ2) is 8.15. The third-order valence-electron chi connectivity index (χ3n) is 3.56. The lowest BCUT2D eigenvalue weighted by Gasteiger charge is -2.05. The van der Waals surface area contributed by atoms with Gasteiger partial charge in [-0.1, -0.05) is 0 Å². The van der Waals surface area contributed by atoms with E-state index >= 15 is 0 Å². The minimum atomic E-state index is 0. The second-order valence-corrected chi connectivity index (χ2v) is 6.03. The normalized spacial score (nSPS) is 10.1. The Bertz CT molecular complexity index is 721. The van der Waals surface area contributed by atoms with Crippen molar-refractivity contribution in [1.82, 2.24) is 4.98 Å². The standard InChI is InChI=1S/C18H18N2O2S.ClH/c1-21-14-7-3-12(4-8-14)17-18(23-16(11-19)20-17)13-5-9-15(22-2)10-6-13;/h3-10H,11,19H2,1-2H3;1H. The van der Waals surface area contributed by atoms with Gasteiger partial charge in [-0.15, -0.1) is 23.7 Å². The van der Waals surface area contributed by atoms with E-state index in [9.17, 15) is 0 Å². The zero-order valence-electron chi connectivity index (χ0n) is 13.5. The van der Waals surface area contributed by atoms with Crippen molar-refractivity contribution in [3.05, 3.63) is 53.5 Å². The van der Waals surface area contributed by atoms with E-state index in [0.717, 1.165) is 38.2 Å². The average molecular weight is 363 g/mol. The number of benzene rings is 2. The molecule has 0 spiro atoms. The van der Waals surface area contributed by atoms with Crippen molar-refractivity contribution in [2.45, 2.75) is 6.54 Å². The minimum Gasteiger partial charge on any atom is -0.497 e. The van der Waals surface area contributed by atoms with Gasteiger partial charge in [-0.05, 0) is 54.1 Å². The molecule has 0 unspecified atom stereocenters. The molecule has 1 aromatic heterocycles. The van der Waals surface area contributed by atoms with Crippen LogP contribution in [0.1, 0.15) is 5.01 Å². The lowest BCUT2D eigenvalue weighted by atomic mass is 10.1. The summed E-state index contributed by atoms with van der Waals surface area (Å²) in [4.78, 5) is 5.80. The third-order valence-corrected chi connectivity index (χ3v) is 4.69. The molecule has 0 amide bonds. The Morgan fingerprint density at radius 2 is 1.38 bits per heavy atom. The van der Waals surface area contributed by atoms with Crippen molar-refractivity contribution in [2.75, 3.05) is 14.2 Å². The number of nitrogens with two attached hydrogens (primary N) is 1. The van der Waals surface area contributed by atoms with Crippen LogP contribution in [0.15, 0.2) is 48.5 Å². The highest BCUT2D eigenvalue weighted by Crippen LogP contribution is 2.37. The molecular formula is C18H19ClN2O2S. The molecule has 1 heterocycles. The first-order valence-electron chi connectivity index (χ1n) is 7.23. The first-order valence-corrected chi connectivity index (χ1v) is 8.05. The maximum Gasteiger partial charge on any atom is 0.118 e. The SMILES string of the molecule is COc1ccc(-c2nc(CN)sc2-c2ccc(OC)cc2)cc1.Cl. The summed E-state index contributed by atoms with van der Waals surface area (Å²) in [6, 6.07) is 15.9. The molecular weight excluding hydrogens is 344 g/mol. The van der Waals surface area contributed by atoms with Gasteiger partial charge in [0.15, 0.2) is 0 Å². The zero-order chi connectivity index (χ0) is 16.2. The summed E-state index contributed by atoms with van der Waals surface area (Å²) in [6.45, 7) is 0.435. The number of nitrogens with zero attached hydrogens (tertiary/aromatic N) is 1. The quantitative estimate of drug-likeness (QED) is 0.732. The fourth-order valence-corrected chi connectivity index (χ4v) is 3.30. The van der Waals surface area contributed by atoms with Gasteiger partial charge >= 0.3 is 0 Å². The van der Waals surface area contributed by atoms with Crippen molar-refractivity contribution in [1.29, 1.82) is 0 Å². The molecule has 0 aliphatic rings. The topological polar surface area (TPSA) is 57.4 Å². The van der Waals surface area contributed by atoms with E-state index in [1.54, 1.807) is 25.6 Å². The van der Waals surface area contributed by atoms with Crippen LogP contribution in [-0.2, 0) is 6.54 Å². The molecule has 0 bridgehead atoms. The predicted molar refractivity (Wildman–Crippen MR) is 101 cm³/mol. The van der Waals surface area contributed by atoms with E-state index in [4.69, 9.17) is 20.2 Å². The highest BCUT2D eigenvalue weighted by Gasteiger charge is 2.14. The van der Waals surface area contributed by atoms with Gasteiger partial charge in [0.05, 0.1) is 24.8 Å². The smallest absolute Gasteiger partial charge is 0.118 e. The largest absolute Gasteiger partial charge is 0.497 e. The van der Waals surface area contributed by atoms with Crippen molar-refractivity contribution in [2.24, 2.45) is 5.73 Å². The van der Waals surface area contributed by atoms with E-state index in [1.807, 2.05) is 48.5 Å². The Hall–Kier alpha value is -2.08. The van der Waals surface area contributed by atoms with Gasteiger partial charge in [-0.25, -0.2) is 4.98 Å². The van der Waals surface area contributed by atoms with E-state index in [1.165, 1.54) is 0 Å². The lowest BCUT2D eigenvalue weighted by molar-refractivity contribution is 0.414. The minimum absolute atomic E-state index is 0. The van der Waals surface area contributed by atoms with Crippen LogP contribution >= 0.6 is 23.7 Å². The van der Waals surface area contributed by atoms with Gasteiger partial charge in [0, 0.05) is 12.1 Å². The molecule has 126 valence electrons. The van der Waals surface area contributed by atoms with Gasteiger partial charge in [0.2, 0.25) is 0 Å². The number of methoxy groups -OCH3 is 2. The van der Waals surface area contributed by atoms with Gasteiger partial charge in [-0.3, -0.25) is 0 Å². The Balaban J connectivity index is 0.00000208. The number of aromatic nitrogens is 1. The molecule has 4 nitrogen and oxygen atoms in total. The highest BCUT2D eigenvalue weighted by molar-refractivity contribution is 7.15. The van der Waals surface area contributed by atoms with E-state index in [0.29, 0.717) is 6.54 Å². The summed E-state index contributed by atoms with van der Waals surface area (Å²) in [5.41, 5.74) is 8.89. The molecule has 0 atom stereocenters. The van der Waals surface area contributed by atoms with Gasteiger partial charge in [-0.2, -0.15) is 0 Å². The fourth-order valence-electron chi connectivity index (χ4n) is 2.33. The molecule has 0 aliphatic carbocycles. The Kier molecular flexibility index (Phi) is 6.20. The molecule has 0 saturated heterocycles. The van der Waals surface area contributed by atoms with Crippen LogP contribution in [0.25, 0.3) is 21.7 Å². The molecule has 0 fully saturated rings. The van der Waals surface area contributed by atoms with Crippen LogP contribution in [0.5, 0.6) is 11.5 Å². The van der Waals surface area contributed by atoms with Crippen LogP contribution in [0, 0.1) is 0 Å². The van der Waals surface area contributed by atoms with Crippen molar-refractivity contribution >= 4 is 23.7 Å². The molecule has 0 radical (unpaired) electrons. The Labute approximate surface area is 151 Å². The van der Waals surface area contributed by atoms with Crippen LogP contribution in [0.3, 0.4) is 0 Å². The molecule has 2 aromatic carbocycles. The summed E-state index contributed by atoms with van der Waals surface area (Å²) < 4.78 is 10.4. The van der Waals surface area contributed by atoms with Crippen molar-refractivity contribution < 1.29 is 9.47 Å². The Morgan fingerprint density at radius 1 is 0.875 bits per heavy atom. The maximum absolute atomic E-state index is 5.79. The molecule has 0 aliphatic heterocycles. The molecule has 3 rings (SSSR count). The van der Waals surface area contributed by atoms with Gasteiger partial charge in [0.25, 0.3) is 0 Å². The molecule has 3 aromatic rings. The van der Waals surface area contributed by atoms with Crippen LogP contribution < -0.4 is 15.2 Å². The summed E-state index contributed by atoms with van der Waals surface area (Å²) in [5, 5.41) is 0.918. The van der Waals surface area contributed by atoms with E-state index in [-0.39, 0.29) is 12.4 Å². The third kappa shape index (κ3) is 3.70. The first kappa shape index (κ1) is 18.3. The number of rotatable bonds is 5. The molecule has 2 N–H and O–H groups in total. The van der Waals surface area contributed by atoms with Gasteiger partial charge < -0.3 is 15.2 Å². The number of hydrogen-bond acceptors (Lipinski definition) is 5. The predicted octanol–water partition coefficient (Wildman–Crippen LogP) is 4.37. The van der Waals surface area contributed by atoms with E-state index in [2.05, 4.69) is 0 Å². The summed E-state index contributed by atoms with van der Waals surface area (Å²) in [6.07, 6.45) is 0. The monoisotopic (exact) mass is 362 g/mol. The van der Waals surface area contributed by atoms with Gasteiger partial charge in [0.1, 0.15) is 16.5 Å².